The van der Waals surface area contributed by atoms with Crippen molar-refractivity contribution in [1.29, 1.82) is 5.26 Å². The molecule has 94 valence electrons. The van der Waals surface area contributed by atoms with Crippen molar-refractivity contribution < 1.29 is 4.92 Å². The minimum Gasteiger partial charge on any atom is -0.263 e. The SMILES string of the molecule is Cc1nc(/C(C#N)=C/c2cccc([N+](=O)[O-])c2)n[nH]1. The molecule has 0 radical (unpaired) electrons. The lowest BCUT2D eigenvalue weighted by molar-refractivity contribution is -0.384. The van der Waals surface area contributed by atoms with Crippen molar-refractivity contribution in [3.63, 3.8) is 0 Å². The molecule has 1 heterocycles. The van der Waals surface area contributed by atoms with E-state index < -0.39 is 4.92 Å². The van der Waals surface area contributed by atoms with Gasteiger partial charge in [-0.25, -0.2) is 4.98 Å². The molecular weight excluding hydrogens is 246 g/mol. The number of nitriles is 1. The number of nitrogens with zero attached hydrogens (tertiary/aromatic N) is 4. The summed E-state index contributed by atoms with van der Waals surface area (Å²) in [4.78, 5) is 14.2. The highest BCUT2D eigenvalue weighted by Crippen LogP contribution is 2.18. The molecule has 0 saturated carbocycles. The fourth-order valence-electron chi connectivity index (χ4n) is 1.50. The Morgan fingerprint density at radius 2 is 2.37 bits per heavy atom. The third-order valence-electron chi connectivity index (χ3n) is 2.35. The van der Waals surface area contributed by atoms with Crippen LogP contribution in [0.2, 0.25) is 0 Å². The minimum atomic E-state index is -0.486. The van der Waals surface area contributed by atoms with Crippen LogP contribution >= 0.6 is 0 Å². The molecular formula is C12H9N5O2. The van der Waals surface area contributed by atoms with Crippen LogP contribution < -0.4 is 0 Å². The van der Waals surface area contributed by atoms with Gasteiger partial charge in [-0.15, -0.1) is 0 Å². The Morgan fingerprint density at radius 1 is 1.58 bits per heavy atom. The maximum atomic E-state index is 10.7. The number of non-ortho nitro benzene ring substituents is 1. The van der Waals surface area contributed by atoms with E-state index in [0.29, 0.717) is 11.4 Å². The second-order valence-electron chi connectivity index (χ2n) is 3.77. The van der Waals surface area contributed by atoms with E-state index >= 15 is 0 Å². The molecule has 0 spiro atoms. The van der Waals surface area contributed by atoms with E-state index in [0.717, 1.165) is 0 Å². The van der Waals surface area contributed by atoms with Gasteiger partial charge in [-0.3, -0.25) is 15.2 Å². The first kappa shape index (κ1) is 12.4. The van der Waals surface area contributed by atoms with Crippen LogP contribution in [0, 0.1) is 28.4 Å². The number of hydrogen-bond acceptors (Lipinski definition) is 5. The number of allylic oxidation sites excluding steroid dienone is 1. The molecule has 0 unspecified atom stereocenters. The quantitative estimate of drug-likeness (QED) is 0.513. The van der Waals surface area contributed by atoms with Crippen LogP contribution in [0.15, 0.2) is 24.3 Å². The lowest BCUT2D eigenvalue weighted by Crippen LogP contribution is -1.89. The van der Waals surface area contributed by atoms with E-state index in [4.69, 9.17) is 5.26 Å². The molecule has 0 aliphatic heterocycles. The number of nitrogens with one attached hydrogen (secondary N) is 1. The summed E-state index contributed by atoms with van der Waals surface area (Å²) >= 11 is 0. The fourth-order valence-corrected chi connectivity index (χ4v) is 1.50. The molecule has 0 fully saturated rings. The Labute approximate surface area is 108 Å². The van der Waals surface area contributed by atoms with Crippen LogP contribution in [-0.2, 0) is 0 Å². The van der Waals surface area contributed by atoms with E-state index in [9.17, 15) is 10.1 Å². The number of H-pyrrole nitrogens is 1. The lowest BCUT2D eigenvalue weighted by Gasteiger charge is -1.95. The Hall–Kier alpha value is -3.01. The summed E-state index contributed by atoms with van der Waals surface area (Å²) in [6, 6.07) is 7.98. The van der Waals surface area contributed by atoms with E-state index in [-0.39, 0.29) is 17.1 Å². The van der Waals surface area contributed by atoms with Gasteiger partial charge in [-0.2, -0.15) is 10.4 Å². The molecule has 0 bridgehead atoms. The Balaban J connectivity index is 2.41. The number of nitro groups is 1. The molecule has 0 amide bonds. The van der Waals surface area contributed by atoms with Gasteiger partial charge in [0.2, 0.25) is 0 Å². The summed E-state index contributed by atoms with van der Waals surface area (Å²) in [6.07, 6.45) is 1.51. The summed E-state index contributed by atoms with van der Waals surface area (Å²) in [5.41, 5.74) is 0.759. The summed E-state index contributed by atoms with van der Waals surface area (Å²) in [5, 5.41) is 26.3. The summed E-state index contributed by atoms with van der Waals surface area (Å²) in [7, 11) is 0. The zero-order valence-electron chi connectivity index (χ0n) is 9.99. The van der Waals surface area contributed by atoms with E-state index in [1.807, 2.05) is 6.07 Å². The highest BCUT2D eigenvalue weighted by molar-refractivity contribution is 5.87. The Morgan fingerprint density at radius 3 is 2.95 bits per heavy atom. The molecule has 0 aliphatic rings. The molecule has 7 heteroatoms. The predicted octanol–water partition coefficient (Wildman–Crippen LogP) is 2.09. The number of aromatic amines is 1. The van der Waals surface area contributed by atoms with Crippen LogP contribution in [0.1, 0.15) is 17.2 Å². The molecule has 1 aromatic carbocycles. The molecule has 1 aromatic heterocycles. The first-order valence-electron chi connectivity index (χ1n) is 5.36. The highest BCUT2D eigenvalue weighted by atomic mass is 16.6. The number of aromatic nitrogens is 3. The minimum absolute atomic E-state index is 0.0304. The topological polar surface area (TPSA) is 108 Å². The maximum Gasteiger partial charge on any atom is 0.270 e. The van der Waals surface area contributed by atoms with Crippen molar-refractivity contribution in [3.05, 3.63) is 51.6 Å². The van der Waals surface area contributed by atoms with E-state index in [2.05, 4.69) is 15.2 Å². The number of nitro benzene ring substituents is 1. The van der Waals surface area contributed by atoms with Crippen molar-refractivity contribution in [2.24, 2.45) is 0 Å². The van der Waals surface area contributed by atoms with Crippen LogP contribution in [-0.4, -0.2) is 20.1 Å². The van der Waals surface area contributed by atoms with Crippen LogP contribution in [0.4, 0.5) is 5.69 Å². The number of benzene rings is 1. The number of rotatable bonds is 3. The third-order valence-corrected chi connectivity index (χ3v) is 2.35. The van der Waals surface area contributed by atoms with Gasteiger partial charge in [0, 0.05) is 12.1 Å². The van der Waals surface area contributed by atoms with Crippen molar-refractivity contribution >= 4 is 17.3 Å². The summed E-state index contributed by atoms with van der Waals surface area (Å²) in [5.74, 6) is 0.863. The molecule has 0 aliphatic carbocycles. The van der Waals surface area contributed by atoms with Crippen molar-refractivity contribution in [1.82, 2.24) is 15.2 Å². The highest BCUT2D eigenvalue weighted by Gasteiger charge is 2.09. The predicted molar refractivity (Wildman–Crippen MR) is 67.7 cm³/mol. The lowest BCUT2D eigenvalue weighted by atomic mass is 10.1. The van der Waals surface area contributed by atoms with Crippen LogP contribution in [0.3, 0.4) is 0 Å². The van der Waals surface area contributed by atoms with Gasteiger partial charge >= 0.3 is 0 Å². The standard InChI is InChI=1S/C12H9N5O2/c1-8-14-12(16-15-8)10(7-13)5-9-3-2-4-11(6-9)17(18)19/h2-6H,1H3,(H,14,15,16)/b10-5+. The summed E-state index contributed by atoms with van der Waals surface area (Å²) in [6.45, 7) is 1.72. The van der Waals surface area contributed by atoms with Gasteiger partial charge in [-0.1, -0.05) is 12.1 Å². The van der Waals surface area contributed by atoms with Gasteiger partial charge in [0.1, 0.15) is 11.9 Å². The van der Waals surface area contributed by atoms with E-state index in [1.54, 1.807) is 19.1 Å². The molecule has 7 nitrogen and oxygen atoms in total. The maximum absolute atomic E-state index is 10.7. The fraction of sp³-hybridized carbons (Fsp3) is 0.0833. The second-order valence-corrected chi connectivity index (χ2v) is 3.77. The van der Waals surface area contributed by atoms with Gasteiger partial charge in [0.25, 0.3) is 5.69 Å². The monoisotopic (exact) mass is 255 g/mol. The number of hydrogen-bond donors (Lipinski definition) is 1. The molecule has 0 saturated heterocycles. The molecule has 2 aromatic rings. The van der Waals surface area contributed by atoms with Crippen LogP contribution in [0.5, 0.6) is 0 Å². The zero-order chi connectivity index (χ0) is 13.8. The van der Waals surface area contributed by atoms with Gasteiger partial charge in [0.15, 0.2) is 5.82 Å². The molecule has 1 N–H and O–H groups in total. The van der Waals surface area contributed by atoms with Crippen molar-refractivity contribution in [2.45, 2.75) is 6.92 Å². The van der Waals surface area contributed by atoms with Crippen LogP contribution in [0.25, 0.3) is 11.6 Å². The average molecular weight is 255 g/mol. The van der Waals surface area contributed by atoms with E-state index in [1.165, 1.54) is 18.2 Å². The molecule has 2 rings (SSSR count). The van der Waals surface area contributed by atoms with Gasteiger partial charge in [0.05, 0.1) is 10.5 Å². The second kappa shape index (κ2) is 5.10. The molecule has 0 atom stereocenters. The summed E-state index contributed by atoms with van der Waals surface area (Å²) < 4.78 is 0. The van der Waals surface area contributed by atoms with Gasteiger partial charge < -0.3 is 0 Å². The van der Waals surface area contributed by atoms with Crippen molar-refractivity contribution in [2.75, 3.05) is 0 Å². The first-order chi connectivity index (χ1) is 9.10. The largest absolute Gasteiger partial charge is 0.270 e. The normalized spacial score (nSPS) is 11.1. The Bertz CT molecular complexity index is 696. The zero-order valence-corrected chi connectivity index (χ0v) is 9.99. The average Bonchev–Trinajstić information content (AvgIpc) is 2.83. The number of aryl methyl sites for hydroxylation is 1. The molecule has 19 heavy (non-hydrogen) atoms. The van der Waals surface area contributed by atoms with Gasteiger partial charge in [-0.05, 0) is 18.6 Å². The smallest absolute Gasteiger partial charge is 0.263 e. The van der Waals surface area contributed by atoms with Crippen molar-refractivity contribution in [3.8, 4) is 6.07 Å². The third kappa shape index (κ3) is 2.81. The Kier molecular flexibility index (Phi) is 3.34. The first-order valence-corrected chi connectivity index (χ1v) is 5.36.